The van der Waals surface area contributed by atoms with Crippen LogP contribution in [-0.4, -0.2) is 21.4 Å². The molecule has 0 bridgehead atoms. The van der Waals surface area contributed by atoms with E-state index < -0.39 is 38.6 Å². The van der Waals surface area contributed by atoms with Crippen LogP contribution < -0.4 is 4.74 Å². The quantitative estimate of drug-likeness (QED) is 0.424. The minimum absolute atomic E-state index is 0.247. The van der Waals surface area contributed by atoms with Gasteiger partial charge in [0.1, 0.15) is 11.5 Å². The second-order valence-corrected chi connectivity index (χ2v) is 7.54. The molecular weight excluding hydrogens is 445 g/mol. The molecule has 0 aliphatic rings. The second-order valence-electron chi connectivity index (χ2n) is 5.36. The van der Waals surface area contributed by atoms with Gasteiger partial charge in [0.25, 0.3) is 0 Å². The number of benzene rings is 2. The third kappa shape index (κ3) is 4.33. The number of phenolic OH excluding ortho intramolecular Hbond substituents is 1. The molecule has 27 heavy (non-hydrogen) atoms. The first-order valence-corrected chi connectivity index (χ1v) is 8.11. The molecule has 0 saturated carbocycles. The Morgan fingerprint density at radius 2 is 1.04 bits per heavy atom. The van der Waals surface area contributed by atoms with Gasteiger partial charge >= 0.3 is 16.3 Å². The van der Waals surface area contributed by atoms with Crippen LogP contribution in [-0.2, 0) is 5.41 Å². The van der Waals surface area contributed by atoms with Crippen molar-refractivity contribution >= 4 is 34.8 Å². The smallest absolute Gasteiger partial charge is 0.411 e. The fourth-order valence-electron chi connectivity index (χ4n) is 2.60. The van der Waals surface area contributed by atoms with Crippen molar-refractivity contribution in [2.24, 2.45) is 0 Å². The molecule has 0 aromatic heterocycles. The Morgan fingerprint density at radius 3 is 1.37 bits per heavy atom. The van der Waals surface area contributed by atoms with Gasteiger partial charge in [-0.25, -0.2) is 0 Å². The highest BCUT2D eigenvalue weighted by Crippen LogP contribution is 2.56. The van der Waals surface area contributed by atoms with Crippen LogP contribution in [0.25, 0.3) is 0 Å². The van der Waals surface area contributed by atoms with Gasteiger partial charge in [-0.1, -0.05) is 24.3 Å². The maximum atomic E-state index is 13.8. The summed E-state index contributed by atoms with van der Waals surface area (Å²) < 4.78 is 85.5. The Kier molecular flexibility index (Phi) is 5.76. The lowest BCUT2D eigenvalue weighted by molar-refractivity contribution is -0.288. The molecule has 2 aromatic rings. The average Bonchev–Trinajstić information content (AvgIpc) is 2.47. The van der Waals surface area contributed by atoms with Crippen LogP contribution >= 0.6 is 34.8 Å². The number of hydrogen-bond donors (Lipinski definition) is 1. The first-order chi connectivity index (χ1) is 12.2. The van der Waals surface area contributed by atoms with Gasteiger partial charge in [-0.3, -0.25) is 0 Å². The van der Waals surface area contributed by atoms with Crippen molar-refractivity contribution in [3.8, 4) is 11.5 Å². The number of rotatable bonds is 3. The molecule has 0 heterocycles. The van der Waals surface area contributed by atoms with Crippen molar-refractivity contribution < 1.29 is 36.2 Å². The van der Waals surface area contributed by atoms with E-state index in [2.05, 4.69) is 0 Å². The molecule has 148 valence electrons. The maximum absolute atomic E-state index is 13.8. The number of hydrogen-bond acceptors (Lipinski definition) is 2. The molecule has 0 aliphatic carbocycles. The van der Waals surface area contributed by atoms with Gasteiger partial charge in [0.2, 0.25) is 5.41 Å². The standard InChI is InChI=1S/C16H9Cl3F6O2/c17-16(18,19)27-12-7-3-10(4-8-12)13(14(20,21)22,15(23,24)25)9-1-5-11(26)6-2-9/h1-8,26H. The van der Waals surface area contributed by atoms with Gasteiger partial charge in [0.15, 0.2) is 0 Å². The molecule has 2 aromatic carbocycles. The maximum Gasteiger partial charge on any atom is 0.411 e. The zero-order valence-corrected chi connectivity index (χ0v) is 15.1. The van der Waals surface area contributed by atoms with Crippen molar-refractivity contribution in [1.29, 1.82) is 0 Å². The molecule has 0 fully saturated rings. The molecule has 0 atom stereocenters. The van der Waals surface area contributed by atoms with E-state index in [1.54, 1.807) is 0 Å². The monoisotopic (exact) mass is 452 g/mol. The molecule has 2 nitrogen and oxygen atoms in total. The van der Waals surface area contributed by atoms with Crippen LogP contribution in [0, 0.1) is 0 Å². The number of ether oxygens (including phenoxy) is 1. The molecule has 0 aliphatic heterocycles. The van der Waals surface area contributed by atoms with E-state index in [0.717, 1.165) is 24.3 Å². The van der Waals surface area contributed by atoms with E-state index in [1.807, 2.05) is 0 Å². The normalized spacial score (nSPS) is 13.5. The van der Waals surface area contributed by atoms with Gasteiger partial charge in [-0.05, 0) is 70.2 Å². The Bertz CT molecular complexity index is 766. The Morgan fingerprint density at radius 1 is 0.667 bits per heavy atom. The summed E-state index contributed by atoms with van der Waals surface area (Å²) in [6.45, 7) is 0. The lowest BCUT2D eigenvalue weighted by atomic mass is 9.73. The highest BCUT2D eigenvalue weighted by Gasteiger charge is 2.72. The minimum Gasteiger partial charge on any atom is -0.508 e. The number of phenols is 1. The molecular formula is C16H9Cl3F6O2. The van der Waals surface area contributed by atoms with Crippen LogP contribution in [0.4, 0.5) is 26.3 Å². The second kappa shape index (κ2) is 7.14. The van der Waals surface area contributed by atoms with Crippen LogP contribution in [0.1, 0.15) is 11.1 Å². The summed E-state index contributed by atoms with van der Waals surface area (Å²) in [4.78, 5) is 0. The molecule has 11 heteroatoms. The summed E-state index contributed by atoms with van der Waals surface area (Å²) in [6.07, 6.45) is -11.5. The highest BCUT2D eigenvalue weighted by molar-refractivity contribution is 6.66. The van der Waals surface area contributed by atoms with Crippen molar-refractivity contribution in [2.75, 3.05) is 0 Å². The first-order valence-electron chi connectivity index (χ1n) is 6.98. The SMILES string of the molecule is Oc1ccc(C(c2ccc(OC(Cl)(Cl)Cl)cc2)(C(F)(F)F)C(F)(F)F)cc1. The van der Waals surface area contributed by atoms with Crippen molar-refractivity contribution in [1.82, 2.24) is 0 Å². The summed E-state index contributed by atoms with van der Waals surface area (Å²) >= 11 is 16.1. The van der Waals surface area contributed by atoms with Gasteiger partial charge in [-0.2, -0.15) is 26.3 Å². The van der Waals surface area contributed by atoms with Gasteiger partial charge in [0.05, 0.1) is 0 Å². The van der Waals surface area contributed by atoms with Crippen molar-refractivity contribution in [3.63, 3.8) is 0 Å². The number of halogens is 9. The Balaban J connectivity index is 2.71. The lowest BCUT2D eigenvalue weighted by Crippen LogP contribution is -2.54. The summed E-state index contributed by atoms with van der Waals surface area (Å²) in [5, 5.41) is 9.23. The third-order valence-corrected chi connectivity index (χ3v) is 3.90. The first kappa shape index (κ1) is 21.8. The highest BCUT2D eigenvalue weighted by atomic mass is 35.6. The van der Waals surface area contributed by atoms with Crippen LogP contribution in [0.2, 0.25) is 0 Å². The van der Waals surface area contributed by atoms with E-state index in [9.17, 15) is 31.4 Å². The zero-order valence-electron chi connectivity index (χ0n) is 12.9. The number of aromatic hydroxyl groups is 1. The fourth-order valence-corrected chi connectivity index (χ4v) is 2.87. The third-order valence-electron chi connectivity index (χ3n) is 3.67. The Labute approximate surface area is 164 Å². The van der Waals surface area contributed by atoms with Gasteiger partial charge in [-0.15, -0.1) is 0 Å². The lowest BCUT2D eigenvalue weighted by Gasteiger charge is -2.38. The zero-order chi connectivity index (χ0) is 20.7. The van der Waals surface area contributed by atoms with E-state index >= 15 is 0 Å². The summed E-state index contributed by atoms with van der Waals surface area (Å²) in [7, 11) is 0. The van der Waals surface area contributed by atoms with E-state index in [4.69, 9.17) is 39.5 Å². The minimum atomic E-state index is -5.75. The average molecular weight is 454 g/mol. The van der Waals surface area contributed by atoms with E-state index in [-0.39, 0.29) is 5.75 Å². The summed E-state index contributed by atoms with van der Waals surface area (Å²) in [6, 6.07) is 5.40. The van der Waals surface area contributed by atoms with Crippen molar-refractivity contribution in [2.45, 2.75) is 21.7 Å². The summed E-state index contributed by atoms with van der Waals surface area (Å²) in [5.41, 5.74) is -6.58. The molecule has 0 radical (unpaired) electrons. The summed E-state index contributed by atoms with van der Waals surface area (Å²) in [5.74, 6) is -0.730. The molecule has 2 rings (SSSR count). The van der Waals surface area contributed by atoms with Crippen LogP contribution in [0.15, 0.2) is 48.5 Å². The van der Waals surface area contributed by atoms with Crippen LogP contribution in [0.5, 0.6) is 11.5 Å². The van der Waals surface area contributed by atoms with Gasteiger partial charge in [0, 0.05) is 0 Å². The van der Waals surface area contributed by atoms with E-state index in [1.165, 1.54) is 0 Å². The van der Waals surface area contributed by atoms with Gasteiger partial charge < -0.3 is 9.84 Å². The number of alkyl halides is 9. The molecule has 1 N–H and O–H groups in total. The molecule has 0 saturated heterocycles. The Hall–Kier alpha value is -1.51. The molecule has 0 amide bonds. The largest absolute Gasteiger partial charge is 0.508 e. The topological polar surface area (TPSA) is 29.5 Å². The predicted octanol–water partition coefficient (Wildman–Crippen LogP) is 6.51. The molecule has 0 unspecified atom stereocenters. The fraction of sp³-hybridized carbons (Fsp3) is 0.250. The molecule has 0 spiro atoms. The van der Waals surface area contributed by atoms with Crippen molar-refractivity contribution in [3.05, 3.63) is 59.7 Å². The van der Waals surface area contributed by atoms with E-state index in [0.29, 0.717) is 24.3 Å². The predicted molar refractivity (Wildman–Crippen MR) is 88.4 cm³/mol. The van der Waals surface area contributed by atoms with Crippen LogP contribution in [0.3, 0.4) is 0 Å².